The van der Waals surface area contributed by atoms with Gasteiger partial charge in [-0.1, -0.05) is 0 Å². The van der Waals surface area contributed by atoms with E-state index in [0.29, 0.717) is 37.9 Å². The number of imidazole rings is 1. The number of aromatic nitrogens is 2. The van der Waals surface area contributed by atoms with Gasteiger partial charge in [0.2, 0.25) is 5.91 Å². The molecule has 0 radical (unpaired) electrons. The van der Waals surface area contributed by atoms with Gasteiger partial charge in [-0.25, -0.2) is 9.78 Å². The van der Waals surface area contributed by atoms with Gasteiger partial charge in [-0.2, -0.15) is 0 Å². The fourth-order valence-corrected chi connectivity index (χ4v) is 4.45. The van der Waals surface area contributed by atoms with Crippen LogP contribution in [0.25, 0.3) is 0 Å². The summed E-state index contributed by atoms with van der Waals surface area (Å²) in [6.07, 6.45) is 6.66. The minimum absolute atomic E-state index is 0.0784. The highest BCUT2D eigenvalue weighted by Crippen LogP contribution is 2.32. The summed E-state index contributed by atoms with van der Waals surface area (Å²) in [6, 6.07) is 7.26. The van der Waals surface area contributed by atoms with Gasteiger partial charge in [0.1, 0.15) is 5.75 Å². The molecule has 2 atom stereocenters. The van der Waals surface area contributed by atoms with Crippen LogP contribution in [0.15, 0.2) is 36.8 Å². The third kappa shape index (κ3) is 4.75. The number of aromatic amines is 1. The number of carbonyl (C=O) groups excluding carboxylic acids is 2. The molecule has 0 saturated carbocycles. The lowest BCUT2D eigenvalue weighted by molar-refractivity contribution is -0.131. The van der Waals surface area contributed by atoms with Crippen molar-refractivity contribution in [2.24, 2.45) is 11.8 Å². The number of methoxy groups -OCH3 is 1. The number of likely N-dealkylation sites (tertiary alicyclic amines) is 2. The first-order valence-electron chi connectivity index (χ1n) is 10.6. The van der Waals surface area contributed by atoms with Crippen LogP contribution in [-0.2, 0) is 11.2 Å². The van der Waals surface area contributed by atoms with Gasteiger partial charge in [-0.05, 0) is 48.9 Å². The third-order valence-corrected chi connectivity index (χ3v) is 6.29. The smallest absolute Gasteiger partial charge is 0.321 e. The van der Waals surface area contributed by atoms with Gasteiger partial charge in [-0.3, -0.25) is 4.79 Å². The number of hydrogen-bond donors (Lipinski definition) is 2. The minimum Gasteiger partial charge on any atom is -0.497 e. The molecule has 2 aliphatic rings. The molecule has 0 spiro atoms. The van der Waals surface area contributed by atoms with Gasteiger partial charge in [0, 0.05) is 56.6 Å². The Morgan fingerprint density at radius 2 is 2.03 bits per heavy atom. The van der Waals surface area contributed by atoms with Crippen molar-refractivity contribution in [3.8, 4) is 5.75 Å². The van der Waals surface area contributed by atoms with Crippen LogP contribution in [-0.4, -0.2) is 65.0 Å². The average Bonchev–Trinajstić information content (AvgIpc) is 3.23. The van der Waals surface area contributed by atoms with Crippen LogP contribution < -0.4 is 10.1 Å². The second-order valence-electron chi connectivity index (χ2n) is 8.11. The van der Waals surface area contributed by atoms with Crippen LogP contribution in [0, 0.1) is 11.8 Å². The zero-order valence-electron chi connectivity index (χ0n) is 17.3. The Hall–Kier alpha value is -3.03. The molecular weight excluding hydrogens is 382 g/mol. The highest BCUT2D eigenvalue weighted by Gasteiger charge is 2.36. The molecule has 8 heteroatoms. The van der Waals surface area contributed by atoms with E-state index in [1.165, 1.54) is 0 Å². The molecule has 3 amide bonds. The number of urea groups is 1. The Balaban J connectivity index is 1.31. The van der Waals surface area contributed by atoms with Crippen molar-refractivity contribution in [3.63, 3.8) is 0 Å². The Kier molecular flexibility index (Phi) is 6.21. The second-order valence-corrected chi connectivity index (χ2v) is 8.11. The van der Waals surface area contributed by atoms with Crippen LogP contribution in [0.3, 0.4) is 0 Å². The SMILES string of the molecule is COc1ccc(NC(=O)N2CC[C@H]3CC(=O)N(CCc4cnc[nH]4)CC[C@H]3C2)cc1. The van der Waals surface area contributed by atoms with Crippen molar-refractivity contribution >= 4 is 17.6 Å². The summed E-state index contributed by atoms with van der Waals surface area (Å²) < 4.78 is 5.16. The lowest BCUT2D eigenvalue weighted by Gasteiger charge is -2.37. The maximum Gasteiger partial charge on any atom is 0.321 e. The first-order valence-corrected chi connectivity index (χ1v) is 10.6. The third-order valence-electron chi connectivity index (χ3n) is 6.29. The number of carbonyl (C=O) groups is 2. The van der Waals surface area contributed by atoms with Crippen molar-refractivity contribution in [1.29, 1.82) is 0 Å². The summed E-state index contributed by atoms with van der Waals surface area (Å²) in [6.45, 7) is 2.85. The molecule has 1 aromatic carbocycles. The number of benzene rings is 1. The standard InChI is InChI=1S/C22H29N5O3/c1-30-20-4-2-18(3-5-20)25-22(29)27-10-6-16-12-21(28)26(9-7-17(16)14-27)11-8-19-13-23-15-24-19/h2-5,13,15-17H,6-12,14H2,1H3,(H,23,24)(H,25,29)/t16-,17-/m0/s1. The summed E-state index contributed by atoms with van der Waals surface area (Å²) in [4.78, 5) is 36.5. The predicted molar refractivity (Wildman–Crippen MR) is 113 cm³/mol. The van der Waals surface area contributed by atoms with Crippen molar-refractivity contribution in [3.05, 3.63) is 42.5 Å². The van der Waals surface area contributed by atoms with Gasteiger partial charge >= 0.3 is 6.03 Å². The number of anilines is 1. The fourth-order valence-electron chi connectivity index (χ4n) is 4.45. The zero-order chi connectivity index (χ0) is 20.9. The first kappa shape index (κ1) is 20.3. The van der Waals surface area contributed by atoms with E-state index in [-0.39, 0.29) is 11.9 Å². The molecule has 1 aromatic heterocycles. The van der Waals surface area contributed by atoms with E-state index in [2.05, 4.69) is 15.3 Å². The van der Waals surface area contributed by atoms with E-state index in [0.717, 1.165) is 42.9 Å². The van der Waals surface area contributed by atoms with Crippen LogP contribution in [0.1, 0.15) is 25.0 Å². The van der Waals surface area contributed by atoms with E-state index >= 15 is 0 Å². The Morgan fingerprint density at radius 3 is 2.77 bits per heavy atom. The Labute approximate surface area is 176 Å². The summed E-state index contributed by atoms with van der Waals surface area (Å²) in [5.41, 5.74) is 1.80. The predicted octanol–water partition coefficient (Wildman–Crippen LogP) is 2.75. The van der Waals surface area contributed by atoms with Crippen molar-refractivity contribution < 1.29 is 14.3 Å². The molecule has 0 aliphatic carbocycles. The topological polar surface area (TPSA) is 90.6 Å². The molecule has 2 aliphatic heterocycles. The lowest BCUT2D eigenvalue weighted by Crippen LogP contribution is -2.45. The quantitative estimate of drug-likeness (QED) is 0.792. The van der Waals surface area contributed by atoms with Crippen LogP contribution >= 0.6 is 0 Å². The maximum absolute atomic E-state index is 12.7. The first-order chi connectivity index (χ1) is 14.6. The second kappa shape index (κ2) is 9.19. The number of nitrogens with zero attached hydrogens (tertiary/aromatic N) is 3. The largest absolute Gasteiger partial charge is 0.497 e. The molecule has 2 N–H and O–H groups in total. The molecule has 4 rings (SSSR count). The van der Waals surface area contributed by atoms with Crippen LogP contribution in [0.5, 0.6) is 5.75 Å². The zero-order valence-corrected chi connectivity index (χ0v) is 17.3. The molecule has 160 valence electrons. The van der Waals surface area contributed by atoms with Gasteiger partial charge in [0.25, 0.3) is 0 Å². The highest BCUT2D eigenvalue weighted by atomic mass is 16.5. The Bertz CT molecular complexity index is 852. The fraction of sp³-hybridized carbons (Fsp3) is 0.500. The lowest BCUT2D eigenvalue weighted by atomic mass is 9.82. The number of piperidine rings is 1. The number of fused-ring (bicyclic) bond motifs is 1. The van der Waals surface area contributed by atoms with Gasteiger partial charge < -0.3 is 24.8 Å². The monoisotopic (exact) mass is 411 g/mol. The number of ether oxygens (including phenoxy) is 1. The molecule has 0 unspecified atom stereocenters. The molecular formula is C22H29N5O3. The molecule has 2 aromatic rings. The maximum atomic E-state index is 12.7. The van der Waals surface area contributed by atoms with E-state index in [4.69, 9.17) is 4.74 Å². The summed E-state index contributed by atoms with van der Waals surface area (Å²) in [5, 5.41) is 2.97. The molecule has 30 heavy (non-hydrogen) atoms. The highest BCUT2D eigenvalue weighted by molar-refractivity contribution is 5.89. The van der Waals surface area contributed by atoms with Gasteiger partial charge in [0.15, 0.2) is 0 Å². The summed E-state index contributed by atoms with van der Waals surface area (Å²) >= 11 is 0. The van der Waals surface area contributed by atoms with E-state index < -0.39 is 0 Å². The summed E-state index contributed by atoms with van der Waals surface area (Å²) in [5.74, 6) is 1.72. The van der Waals surface area contributed by atoms with Crippen molar-refractivity contribution in [2.45, 2.75) is 25.7 Å². The molecule has 2 fully saturated rings. The van der Waals surface area contributed by atoms with Crippen LogP contribution in [0.2, 0.25) is 0 Å². The van der Waals surface area contributed by atoms with Crippen LogP contribution in [0.4, 0.5) is 10.5 Å². The molecule has 8 nitrogen and oxygen atoms in total. The molecule has 3 heterocycles. The average molecular weight is 412 g/mol. The van der Waals surface area contributed by atoms with Crippen molar-refractivity contribution in [2.75, 3.05) is 38.6 Å². The number of hydrogen-bond acceptors (Lipinski definition) is 4. The van der Waals surface area contributed by atoms with Gasteiger partial charge in [0.05, 0.1) is 13.4 Å². The molecule has 0 bridgehead atoms. The van der Waals surface area contributed by atoms with Gasteiger partial charge in [-0.15, -0.1) is 0 Å². The number of amides is 3. The number of nitrogens with one attached hydrogen (secondary N) is 2. The van der Waals surface area contributed by atoms with Crippen molar-refractivity contribution in [1.82, 2.24) is 19.8 Å². The summed E-state index contributed by atoms with van der Waals surface area (Å²) in [7, 11) is 1.62. The van der Waals surface area contributed by atoms with E-state index in [1.807, 2.05) is 34.1 Å². The number of H-pyrrole nitrogens is 1. The normalized spacial score (nSPS) is 21.7. The van der Waals surface area contributed by atoms with E-state index in [9.17, 15) is 9.59 Å². The number of rotatable bonds is 5. The Morgan fingerprint density at radius 1 is 1.23 bits per heavy atom. The molecule has 2 saturated heterocycles. The minimum atomic E-state index is -0.0784. The van der Waals surface area contributed by atoms with E-state index in [1.54, 1.807) is 19.6 Å².